The molecule has 1 aromatic carbocycles. The first-order chi connectivity index (χ1) is 13.7. The molecule has 0 radical (unpaired) electrons. The third kappa shape index (κ3) is 5.30. The number of H-pyrrole nitrogens is 1. The van der Waals surface area contributed by atoms with E-state index in [0.29, 0.717) is 37.6 Å². The van der Waals surface area contributed by atoms with Crippen molar-refractivity contribution in [2.45, 2.75) is 19.0 Å². The molecule has 0 bridgehead atoms. The molecule has 1 N–H and O–H groups in total. The summed E-state index contributed by atoms with van der Waals surface area (Å²) in [5.74, 6) is -0.259. The van der Waals surface area contributed by atoms with Gasteiger partial charge in [0.2, 0.25) is 5.91 Å². The summed E-state index contributed by atoms with van der Waals surface area (Å²) in [5, 5.41) is 0. The van der Waals surface area contributed by atoms with Gasteiger partial charge in [0.05, 0.1) is 18.7 Å². The van der Waals surface area contributed by atoms with Gasteiger partial charge in [0, 0.05) is 24.5 Å². The molecule has 0 aliphatic carbocycles. The fourth-order valence-electron chi connectivity index (χ4n) is 3.15. The third-order valence-electron chi connectivity index (χ3n) is 4.83. The van der Waals surface area contributed by atoms with Crippen molar-refractivity contribution in [3.63, 3.8) is 0 Å². The van der Waals surface area contributed by atoms with Gasteiger partial charge in [0.1, 0.15) is 25.1 Å². The number of nitrogens with one attached hydrogen (secondary N) is 1. The number of aromatic amines is 1. The van der Waals surface area contributed by atoms with E-state index in [1.807, 2.05) is 4.90 Å². The smallest absolute Gasteiger partial charge is 0.335 e. The van der Waals surface area contributed by atoms with Crippen LogP contribution in [0.25, 0.3) is 0 Å². The zero-order valence-corrected chi connectivity index (χ0v) is 15.5. The number of carbonyl (C=O) groups excluding carboxylic acids is 2. The molecule has 29 heavy (non-hydrogen) atoms. The Labute approximate surface area is 164 Å². The summed E-state index contributed by atoms with van der Waals surface area (Å²) in [5.41, 5.74) is -0.386. The van der Waals surface area contributed by atoms with Crippen LogP contribution < -0.4 is 9.88 Å². The van der Waals surface area contributed by atoms with Gasteiger partial charge < -0.3 is 4.90 Å². The lowest BCUT2D eigenvalue weighted by Gasteiger charge is -2.31. The van der Waals surface area contributed by atoms with Crippen molar-refractivity contribution in [1.82, 2.24) is 4.90 Å². The number of rotatable bonds is 5. The number of benzene rings is 1. The van der Waals surface area contributed by atoms with Gasteiger partial charge in [-0.2, -0.15) is 13.2 Å². The van der Waals surface area contributed by atoms with Crippen LogP contribution in [0.3, 0.4) is 0 Å². The summed E-state index contributed by atoms with van der Waals surface area (Å²) in [7, 11) is 0. The standard InChI is InChI=1S/C20H19F4N3O2/c21-16-4-1-14(2-5-16)17(28)6-8-19(29)27-11-9-26(10-12-27)18-7-3-15(13-25-18)20(22,23)24/h1-5,7,13H,6,8-12H2/p+1. The van der Waals surface area contributed by atoms with Gasteiger partial charge in [-0.25, -0.2) is 9.37 Å². The second kappa shape index (κ2) is 8.59. The maximum Gasteiger partial charge on any atom is 0.419 e. The lowest BCUT2D eigenvalue weighted by atomic mass is 10.1. The van der Waals surface area contributed by atoms with Gasteiger partial charge in [-0.1, -0.05) is 0 Å². The predicted molar refractivity (Wildman–Crippen MR) is 96.8 cm³/mol. The van der Waals surface area contributed by atoms with Crippen molar-refractivity contribution < 1.29 is 32.1 Å². The van der Waals surface area contributed by atoms with E-state index >= 15 is 0 Å². The summed E-state index contributed by atoms with van der Waals surface area (Å²) < 4.78 is 50.8. The van der Waals surface area contributed by atoms with Gasteiger partial charge in [-0.3, -0.25) is 14.5 Å². The van der Waals surface area contributed by atoms with E-state index in [0.717, 1.165) is 12.3 Å². The van der Waals surface area contributed by atoms with Crippen molar-refractivity contribution in [2.24, 2.45) is 0 Å². The monoisotopic (exact) mass is 410 g/mol. The largest absolute Gasteiger partial charge is 0.419 e. The van der Waals surface area contributed by atoms with Crippen LogP contribution in [0.1, 0.15) is 28.8 Å². The highest BCUT2D eigenvalue weighted by Gasteiger charge is 2.33. The van der Waals surface area contributed by atoms with Gasteiger partial charge >= 0.3 is 6.18 Å². The molecule has 1 fully saturated rings. The first kappa shape index (κ1) is 20.8. The highest BCUT2D eigenvalue weighted by Crippen LogP contribution is 2.28. The number of hydrogen-bond acceptors (Lipinski definition) is 3. The molecule has 1 aliphatic heterocycles. The van der Waals surface area contributed by atoms with Crippen molar-refractivity contribution in [1.29, 1.82) is 0 Å². The quantitative estimate of drug-likeness (QED) is 0.563. The number of piperazine rings is 1. The van der Waals surface area contributed by atoms with Gasteiger partial charge in [0.25, 0.3) is 5.82 Å². The Hall–Kier alpha value is -2.97. The number of pyridine rings is 1. The lowest BCUT2D eigenvalue weighted by molar-refractivity contribution is -0.367. The number of nitrogens with zero attached hydrogens (tertiary/aromatic N) is 2. The SMILES string of the molecule is O=C(CCC(=O)N1CCN(c2ccc(C(F)(F)F)c[nH+]2)CC1)c1ccc(F)cc1. The Morgan fingerprint density at radius 2 is 1.59 bits per heavy atom. The summed E-state index contributed by atoms with van der Waals surface area (Å²) in [6.07, 6.45) is -3.38. The fourth-order valence-corrected chi connectivity index (χ4v) is 3.15. The second-order valence-corrected chi connectivity index (χ2v) is 6.76. The van der Waals surface area contributed by atoms with Crippen LogP contribution in [0.15, 0.2) is 42.6 Å². The number of ketones is 1. The molecule has 1 amide bonds. The molecule has 2 heterocycles. The molecule has 0 spiro atoms. The summed E-state index contributed by atoms with van der Waals surface area (Å²) in [4.78, 5) is 30.6. The molecule has 2 aromatic rings. The molecule has 1 aromatic heterocycles. The van der Waals surface area contributed by atoms with Crippen molar-refractivity contribution in [3.05, 3.63) is 59.5 Å². The minimum Gasteiger partial charge on any atom is -0.335 e. The van der Waals surface area contributed by atoms with Crippen LogP contribution in [-0.2, 0) is 11.0 Å². The zero-order valence-electron chi connectivity index (χ0n) is 15.5. The number of amides is 1. The van der Waals surface area contributed by atoms with Gasteiger partial charge in [-0.05, 0) is 30.3 Å². The van der Waals surface area contributed by atoms with E-state index in [2.05, 4.69) is 4.98 Å². The normalized spacial score (nSPS) is 14.8. The predicted octanol–water partition coefficient (Wildman–Crippen LogP) is 2.97. The van der Waals surface area contributed by atoms with E-state index in [4.69, 9.17) is 0 Å². The zero-order chi connectivity index (χ0) is 21.0. The van der Waals surface area contributed by atoms with Gasteiger partial charge in [0.15, 0.2) is 5.78 Å². The Kier molecular flexibility index (Phi) is 6.14. The highest BCUT2D eigenvalue weighted by molar-refractivity contribution is 5.97. The molecular weight excluding hydrogens is 390 g/mol. The molecule has 0 saturated carbocycles. The number of halogens is 4. The van der Waals surface area contributed by atoms with Crippen molar-refractivity contribution >= 4 is 17.5 Å². The topological polar surface area (TPSA) is 54.8 Å². The van der Waals surface area contributed by atoms with Crippen LogP contribution in [0.5, 0.6) is 0 Å². The van der Waals surface area contributed by atoms with Crippen LogP contribution in [-0.4, -0.2) is 42.8 Å². The van der Waals surface area contributed by atoms with Crippen LogP contribution in [0, 0.1) is 5.82 Å². The molecule has 0 atom stereocenters. The lowest BCUT2D eigenvalue weighted by Crippen LogP contribution is -2.50. The number of alkyl halides is 3. The Morgan fingerprint density at radius 1 is 0.931 bits per heavy atom. The molecule has 0 unspecified atom stereocenters. The Bertz CT molecular complexity index is 859. The molecular formula is C20H20F4N3O2+. The molecule has 1 aliphatic rings. The minimum atomic E-state index is -4.40. The maximum atomic E-state index is 12.9. The maximum absolute atomic E-state index is 12.9. The number of anilines is 1. The molecule has 154 valence electrons. The Balaban J connectivity index is 1.48. The number of carbonyl (C=O) groups is 2. The summed E-state index contributed by atoms with van der Waals surface area (Å²) in [6, 6.07) is 7.58. The van der Waals surface area contributed by atoms with Crippen LogP contribution in [0.4, 0.5) is 23.4 Å². The van der Waals surface area contributed by atoms with E-state index < -0.39 is 17.6 Å². The fraction of sp³-hybridized carbons (Fsp3) is 0.350. The third-order valence-corrected chi connectivity index (χ3v) is 4.83. The molecule has 1 saturated heterocycles. The average molecular weight is 410 g/mol. The van der Waals surface area contributed by atoms with Crippen molar-refractivity contribution in [3.8, 4) is 0 Å². The molecule has 5 nitrogen and oxygen atoms in total. The molecule has 9 heteroatoms. The summed E-state index contributed by atoms with van der Waals surface area (Å²) in [6.45, 7) is 1.77. The Morgan fingerprint density at radius 3 is 2.14 bits per heavy atom. The van der Waals surface area contributed by atoms with Crippen LogP contribution in [0.2, 0.25) is 0 Å². The minimum absolute atomic E-state index is 0.0390. The number of aromatic nitrogens is 1. The van der Waals surface area contributed by atoms with E-state index in [-0.39, 0.29) is 24.5 Å². The first-order valence-corrected chi connectivity index (χ1v) is 9.14. The highest BCUT2D eigenvalue weighted by atomic mass is 19.4. The molecule has 3 rings (SSSR count). The average Bonchev–Trinajstić information content (AvgIpc) is 2.72. The van der Waals surface area contributed by atoms with E-state index in [1.54, 1.807) is 4.90 Å². The van der Waals surface area contributed by atoms with Crippen LogP contribution >= 0.6 is 0 Å². The first-order valence-electron chi connectivity index (χ1n) is 9.14. The van der Waals surface area contributed by atoms with Crippen molar-refractivity contribution in [2.75, 3.05) is 31.1 Å². The van der Waals surface area contributed by atoms with Gasteiger partial charge in [-0.15, -0.1) is 0 Å². The summed E-state index contributed by atoms with van der Waals surface area (Å²) >= 11 is 0. The van der Waals surface area contributed by atoms with E-state index in [9.17, 15) is 27.2 Å². The number of hydrogen-bond donors (Lipinski definition) is 0. The number of Topliss-reactive ketones (excluding diaryl/α,β-unsaturated/α-hetero) is 1. The second-order valence-electron chi connectivity index (χ2n) is 6.76. The van der Waals surface area contributed by atoms with E-state index in [1.165, 1.54) is 30.3 Å².